The van der Waals surface area contributed by atoms with Gasteiger partial charge in [0.05, 0.1) is 8.49 Å². The Labute approximate surface area is 75.0 Å². The average Bonchev–Trinajstić information content (AvgIpc) is 2.27. The molecule has 0 radical (unpaired) electrons. The number of aromatic amines is 1. The van der Waals surface area contributed by atoms with E-state index in [-0.39, 0.29) is 5.56 Å². The van der Waals surface area contributed by atoms with Crippen LogP contribution < -0.4 is 5.56 Å². The Morgan fingerprint density at radius 1 is 1.45 bits per heavy atom. The Morgan fingerprint density at radius 3 is 3.09 bits per heavy atom. The van der Waals surface area contributed by atoms with E-state index in [4.69, 9.17) is 0 Å². The van der Waals surface area contributed by atoms with Crippen molar-refractivity contribution >= 4 is 37.4 Å². The molecule has 0 aromatic carbocycles. The highest BCUT2D eigenvalue weighted by Crippen LogP contribution is 2.27. The summed E-state index contributed by atoms with van der Waals surface area (Å²) in [5.74, 6) is 0. The van der Waals surface area contributed by atoms with E-state index in [9.17, 15) is 4.79 Å². The summed E-state index contributed by atoms with van der Waals surface area (Å²) in [4.78, 5) is 13.4. The van der Waals surface area contributed by atoms with Gasteiger partial charge in [0.15, 0.2) is 0 Å². The van der Waals surface area contributed by atoms with Gasteiger partial charge in [-0.1, -0.05) is 0 Å². The highest BCUT2D eigenvalue weighted by molar-refractivity contribution is 9.11. The lowest BCUT2D eigenvalue weighted by molar-refractivity contribution is 1.27. The molecule has 1 N–H and O–H groups in total. The Balaban J connectivity index is 2.92. The van der Waals surface area contributed by atoms with Crippen LogP contribution in [-0.2, 0) is 0 Å². The summed E-state index contributed by atoms with van der Waals surface area (Å²) < 4.78 is 2.14. The van der Waals surface area contributed by atoms with Crippen LogP contribution in [-0.4, -0.2) is 4.98 Å². The van der Waals surface area contributed by atoms with Gasteiger partial charge in [-0.3, -0.25) is 4.79 Å². The van der Waals surface area contributed by atoms with Crippen molar-refractivity contribution < 1.29 is 0 Å². The average molecular weight is 230 g/mol. The number of H-pyrrole nitrogens is 1. The lowest BCUT2D eigenvalue weighted by atomic mass is 10.3. The van der Waals surface area contributed by atoms with Gasteiger partial charge in [0.2, 0.25) is 5.56 Å². The second kappa shape index (κ2) is 2.46. The number of pyridine rings is 1. The van der Waals surface area contributed by atoms with Crippen LogP contribution in [0.2, 0.25) is 0 Å². The minimum absolute atomic E-state index is 0.0530. The normalized spacial score (nSPS) is 10.6. The maximum Gasteiger partial charge on any atom is 0.248 e. The summed E-state index contributed by atoms with van der Waals surface area (Å²) in [7, 11) is 0. The molecule has 0 aliphatic heterocycles. The molecule has 0 fully saturated rings. The quantitative estimate of drug-likeness (QED) is 0.740. The molecule has 2 aromatic heterocycles. The molecule has 0 atom stereocenters. The molecule has 11 heavy (non-hydrogen) atoms. The number of halogens is 1. The predicted molar refractivity (Wildman–Crippen MR) is 50.1 cm³/mol. The Kier molecular flexibility index (Phi) is 1.58. The fourth-order valence-corrected chi connectivity index (χ4v) is 2.45. The number of nitrogens with one attached hydrogen (secondary N) is 1. The van der Waals surface area contributed by atoms with E-state index in [1.165, 1.54) is 0 Å². The molecule has 0 amide bonds. The third-order valence-electron chi connectivity index (χ3n) is 1.39. The zero-order chi connectivity index (χ0) is 7.84. The van der Waals surface area contributed by atoms with Crippen molar-refractivity contribution in [2.45, 2.75) is 0 Å². The van der Waals surface area contributed by atoms with Gasteiger partial charge in [-0.25, -0.2) is 0 Å². The molecule has 0 saturated carbocycles. The van der Waals surface area contributed by atoms with Crippen LogP contribution in [0.5, 0.6) is 0 Å². The van der Waals surface area contributed by atoms with Crippen molar-refractivity contribution in [1.82, 2.24) is 4.98 Å². The first kappa shape index (κ1) is 7.06. The molecule has 2 rings (SSSR count). The first-order chi connectivity index (χ1) is 5.25. The van der Waals surface area contributed by atoms with Crippen molar-refractivity contribution in [3.05, 3.63) is 32.5 Å². The van der Waals surface area contributed by atoms with Gasteiger partial charge in [-0.05, 0) is 22.0 Å². The van der Waals surface area contributed by atoms with Crippen molar-refractivity contribution in [3.8, 4) is 0 Å². The standard InChI is InChI=1S/C7H4BrNOS/c8-6-1-4-2-7(10)9-3-5(4)11-6/h1-3H,(H,9,10). The molecule has 0 aliphatic carbocycles. The third-order valence-corrected chi connectivity index (χ3v) is 2.99. The molecule has 0 bridgehead atoms. The van der Waals surface area contributed by atoms with Crippen LogP contribution >= 0.6 is 27.3 Å². The van der Waals surface area contributed by atoms with Gasteiger partial charge in [-0.2, -0.15) is 0 Å². The zero-order valence-electron chi connectivity index (χ0n) is 5.43. The molecule has 0 aliphatic rings. The minimum Gasteiger partial charge on any atom is -0.328 e. The lowest BCUT2D eigenvalue weighted by Gasteiger charge is -1.83. The monoisotopic (exact) mass is 229 g/mol. The molecule has 56 valence electrons. The second-order valence-electron chi connectivity index (χ2n) is 2.17. The summed E-state index contributed by atoms with van der Waals surface area (Å²) >= 11 is 4.96. The van der Waals surface area contributed by atoms with Crippen LogP contribution in [0.3, 0.4) is 0 Å². The number of rotatable bonds is 0. The van der Waals surface area contributed by atoms with E-state index >= 15 is 0 Å². The van der Waals surface area contributed by atoms with Gasteiger partial charge in [0.1, 0.15) is 0 Å². The topological polar surface area (TPSA) is 32.9 Å². The fraction of sp³-hybridized carbons (Fsp3) is 0. The Bertz CT molecular complexity index is 445. The van der Waals surface area contributed by atoms with Gasteiger partial charge in [0.25, 0.3) is 0 Å². The molecule has 2 nitrogen and oxygen atoms in total. The van der Waals surface area contributed by atoms with Crippen LogP contribution in [0.25, 0.3) is 10.1 Å². The third kappa shape index (κ3) is 1.23. The number of fused-ring (bicyclic) bond motifs is 1. The zero-order valence-corrected chi connectivity index (χ0v) is 7.83. The Morgan fingerprint density at radius 2 is 2.27 bits per heavy atom. The molecule has 0 saturated heterocycles. The summed E-state index contributed by atoms with van der Waals surface area (Å²) in [6.07, 6.45) is 1.73. The van der Waals surface area contributed by atoms with Crippen LogP contribution in [0.1, 0.15) is 0 Å². The van der Waals surface area contributed by atoms with Crippen molar-refractivity contribution in [2.75, 3.05) is 0 Å². The molecule has 0 unspecified atom stereocenters. The Hall–Kier alpha value is -0.610. The molecule has 2 aromatic rings. The summed E-state index contributed by atoms with van der Waals surface area (Å²) in [6, 6.07) is 3.53. The lowest BCUT2D eigenvalue weighted by Crippen LogP contribution is -1.99. The SMILES string of the molecule is O=c1cc2cc(Br)sc2c[nH]1. The van der Waals surface area contributed by atoms with Crippen LogP contribution in [0.4, 0.5) is 0 Å². The molecule has 4 heteroatoms. The van der Waals surface area contributed by atoms with Gasteiger partial charge in [0, 0.05) is 17.6 Å². The van der Waals surface area contributed by atoms with Crippen LogP contribution in [0.15, 0.2) is 26.9 Å². The van der Waals surface area contributed by atoms with Crippen LogP contribution in [0, 0.1) is 0 Å². The maximum atomic E-state index is 10.8. The van der Waals surface area contributed by atoms with Crippen molar-refractivity contribution in [1.29, 1.82) is 0 Å². The van der Waals surface area contributed by atoms with Gasteiger partial charge < -0.3 is 4.98 Å². The van der Waals surface area contributed by atoms with E-state index in [2.05, 4.69) is 20.9 Å². The minimum atomic E-state index is -0.0530. The summed E-state index contributed by atoms with van der Waals surface area (Å²) in [6.45, 7) is 0. The first-order valence-corrected chi connectivity index (χ1v) is 4.64. The van der Waals surface area contributed by atoms with E-state index in [0.717, 1.165) is 13.9 Å². The molecule has 0 spiro atoms. The molecule has 2 heterocycles. The highest BCUT2D eigenvalue weighted by atomic mass is 79.9. The highest BCUT2D eigenvalue weighted by Gasteiger charge is 1.97. The number of thiophene rings is 1. The summed E-state index contributed by atoms with van der Waals surface area (Å²) in [5, 5.41) is 0.991. The number of aromatic nitrogens is 1. The largest absolute Gasteiger partial charge is 0.328 e. The maximum absolute atomic E-state index is 10.8. The number of hydrogen-bond acceptors (Lipinski definition) is 2. The van der Waals surface area contributed by atoms with E-state index in [0.29, 0.717) is 0 Å². The van der Waals surface area contributed by atoms with E-state index < -0.39 is 0 Å². The summed E-state index contributed by atoms with van der Waals surface area (Å²) in [5.41, 5.74) is -0.0530. The number of hydrogen-bond donors (Lipinski definition) is 1. The molecular weight excluding hydrogens is 226 g/mol. The van der Waals surface area contributed by atoms with Gasteiger partial charge in [-0.15, -0.1) is 11.3 Å². The van der Waals surface area contributed by atoms with Gasteiger partial charge >= 0.3 is 0 Å². The van der Waals surface area contributed by atoms with Crippen molar-refractivity contribution in [3.63, 3.8) is 0 Å². The second-order valence-corrected chi connectivity index (χ2v) is 4.63. The van der Waals surface area contributed by atoms with Crippen molar-refractivity contribution in [2.24, 2.45) is 0 Å². The fourth-order valence-electron chi connectivity index (χ4n) is 0.932. The van der Waals surface area contributed by atoms with E-state index in [1.54, 1.807) is 23.6 Å². The predicted octanol–water partition coefficient (Wildman–Crippen LogP) is 2.35. The van der Waals surface area contributed by atoms with E-state index in [1.807, 2.05) is 6.07 Å². The first-order valence-electron chi connectivity index (χ1n) is 3.03. The molecular formula is C7H4BrNOS. The smallest absolute Gasteiger partial charge is 0.248 e.